The van der Waals surface area contributed by atoms with Gasteiger partial charge in [0, 0.05) is 19.0 Å². The number of aryl methyl sites for hydroxylation is 1. The Kier molecular flexibility index (Phi) is 4.82. The number of nitrogens with zero attached hydrogens (tertiary/aromatic N) is 4. The Balaban J connectivity index is 1.70. The van der Waals surface area contributed by atoms with E-state index in [4.69, 9.17) is 0 Å². The van der Waals surface area contributed by atoms with Gasteiger partial charge in [0.2, 0.25) is 11.0 Å². The predicted molar refractivity (Wildman–Crippen MR) is 95.3 cm³/mol. The SMILES string of the molecule is CCCc1nnc(NC(=O)CN(C)C2=NS(=O)(=O)c3ccccc32)s1. The van der Waals surface area contributed by atoms with Gasteiger partial charge in [0.1, 0.15) is 9.90 Å². The van der Waals surface area contributed by atoms with E-state index in [0.717, 1.165) is 17.8 Å². The van der Waals surface area contributed by atoms with Crippen LogP contribution < -0.4 is 5.32 Å². The van der Waals surface area contributed by atoms with Crippen LogP contribution >= 0.6 is 11.3 Å². The van der Waals surface area contributed by atoms with Crippen LogP contribution in [0.15, 0.2) is 33.6 Å². The number of rotatable bonds is 5. The van der Waals surface area contributed by atoms with Gasteiger partial charge in [0.05, 0.1) is 6.54 Å². The zero-order valence-corrected chi connectivity index (χ0v) is 15.4. The monoisotopic (exact) mass is 379 g/mol. The van der Waals surface area contributed by atoms with E-state index in [0.29, 0.717) is 10.7 Å². The summed E-state index contributed by atoms with van der Waals surface area (Å²) in [6.07, 6.45) is 1.78. The molecule has 0 spiro atoms. The molecule has 1 amide bonds. The zero-order valence-electron chi connectivity index (χ0n) is 13.8. The molecular formula is C15H17N5O3S2. The molecule has 1 N–H and O–H groups in total. The highest BCUT2D eigenvalue weighted by atomic mass is 32.2. The number of likely N-dealkylation sites (N-methyl/N-ethyl adjacent to an activating group) is 1. The van der Waals surface area contributed by atoms with E-state index in [1.165, 1.54) is 22.3 Å². The Hall–Kier alpha value is -2.33. The standard InChI is InChI=1S/C15H17N5O3S2/c1-3-6-13-17-18-15(24-13)16-12(21)9-20(2)14-10-7-4-5-8-11(10)25(22,23)19-14/h4-5,7-8H,3,6,9H2,1-2H3,(H,16,18,21). The number of hydrogen-bond donors (Lipinski definition) is 1. The van der Waals surface area contributed by atoms with Crippen LogP contribution in [0.1, 0.15) is 23.9 Å². The van der Waals surface area contributed by atoms with Crippen molar-refractivity contribution in [1.29, 1.82) is 0 Å². The fourth-order valence-corrected chi connectivity index (χ4v) is 4.54. The average molecular weight is 379 g/mol. The molecule has 0 aliphatic carbocycles. The van der Waals surface area contributed by atoms with Crippen molar-refractivity contribution in [1.82, 2.24) is 15.1 Å². The number of aromatic nitrogens is 2. The van der Waals surface area contributed by atoms with Gasteiger partial charge in [-0.3, -0.25) is 10.1 Å². The third-order valence-corrected chi connectivity index (χ3v) is 5.76. The first-order valence-corrected chi connectivity index (χ1v) is 9.94. The first kappa shape index (κ1) is 17.5. The van der Waals surface area contributed by atoms with Gasteiger partial charge in [-0.2, -0.15) is 8.42 Å². The number of anilines is 1. The van der Waals surface area contributed by atoms with Crippen molar-refractivity contribution in [3.05, 3.63) is 34.8 Å². The van der Waals surface area contributed by atoms with Crippen molar-refractivity contribution in [3.8, 4) is 0 Å². The summed E-state index contributed by atoms with van der Waals surface area (Å²) >= 11 is 1.33. The summed E-state index contributed by atoms with van der Waals surface area (Å²) in [7, 11) is -2.08. The highest BCUT2D eigenvalue weighted by molar-refractivity contribution is 7.90. The molecule has 0 atom stereocenters. The van der Waals surface area contributed by atoms with E-state index in [1.54, 1.807) is 25.2 Å². The fraction of sp³-hybridized carbons (Fsp3) is 0.333. The molecule has 1 aromatic heterocycles. The lowest BCUT2D eigenvalue weighted by Gasteiger charge is -2.17. The van der Waals surface area contributed by atoms with Gasteiger partial charge in [-0.1, -0.05) is 30.4 Å². The molecule has 0 bridgehead atoms. The molecule has 0 saturated carbocycles. The van der Waals surface area contributed by atoms with Crippen LogP contribution in [0, 0.1) is 0 Å². The number of fused-ring (bicyclic) bond motifs is 1. The van der Waals surface area contributed by atoms with Crippen molar-refractivity contribution >= 4 is 38.2 Å². The second-order valence-corrected chi connectivity index (χ2v) is 8.18. The van der Waals surface area contributed by atoms with E-state index in [9.17, 15) is 13.2 Å². The number of benzene rings is 1. The largest absolute Gasteiger partial charge is 0.349 e. The summed E-state index contributed by atoms with van der Waals surface area (Å²) in [6, 6.07) is 6.56. The number of sulfonamides is 1. The van der Waals surface area contributed by atoms with Crippen LogP contribution in [0.2, 0.25) is 0 Å². The number of amides is 1. The lowest BCUT2D eigenvalue weighted by molar-refractivity contribution is -0.116. The molecule has 1 aliphatic rings. The average Bonchev–Trinajstić information content (AvgIpc) is 3.10. The van der Waals surface area contributed by atoms with Gasteiger partial charge in [0.25, 0.3) is 10.0 Å². The van der Waals surface area contributed by atoms with Crippen LogP contribution in [-0.4, -0.2) is 48.9 Å². The number of carbonyl (C=O) groups excluding carboxylic acids is 1. The second-order valence-electron chi connectivity index (χ2n) is 5.54. The molecule has 8 nitrogen and oxygen atoms in total. The number of hydrogen-bond acceptors (Lipinski definition) is 7. The molecule has 10 heteroatoms. The molecule has 0 fully saturated rings. The van der Waals surface area contributed by atoms with Crippen LogP contribution in [0.5, 0.6) is 0 Å². The third kappa shape index (κ3) is 3.69. The first-order chi connectivity index (χ1) is 11.9. The maximum atomic E-state index is 12.2. The van der Waals surface area contributed by atoms with E-state index < -0.39 is 10.0 Å². The van der Waals surface area contributed by atoms with Crippen LogP contribution in [-0.2, 0) is 21.2 Å². The molecule has 2 heterocycles. The van der Waals surface area contributed by atoms with Crippen molar-refractivity contribution in [2.45, 2.75) is 24.7 Å². The fourth-order valence-electron chi connectivity index (χ4n) is 2.43. The quantitative estimate of drug-likeness (QED) is 0.844. The number of carbonyl (C=O) groups is 1. The summed E-state index contributed by atoms with van der Waals surface area (Å²) < 4.78 is 27.9. The Morgan fingerprint density at radius 2 is 2.04 bits per heavy atom. The van der Waals surface area contributed by atoms with Gasteiger partial charge >= 0.3 is 0 Å². The van der Waals surface area contributed by atoms with E-state index in [-0.39, 0.29) is 23.2 Å². The minimum absolute atomic E-state index is 0.0502. The molecule has 132 valence electrons. The van der Waals surface area contributed by atoms with Crippen LogP contribution in [0.4, 0.5) is 5.13 Å². The molecule has 25 heavy (non-hydrogen) atoms. The molecule has 0 radical (unpaired) electrons. The molecule has 1 aliphatic heterocycles. The van der Waals surface area contributed by atoms with Gasteiger partial charge < -0.3 is 4.90 Å². The Bertz CT molecular complexity index is 936. The Labute approximate surface area is 149 Å². The Morgan fingerprint density at radius 3 is 2.80 bits per heavy atom. The molecule has 3 rings (SSSR count). The van der Waals surface area contributed by atoms with Crippen LogP contribution in [0.25, 0.3) is 0 Å². The lowest BCUT2D eigenvalue weighted by atomic mass is 10.2. The molecule has 2 aromatic rings. The third-order valence-electron chi connectivity index (χ3n) is 3.53. The van der Waals surface area contributed by atoms with E-state index >= 15 is 0 Å². The Morgan fingerprint density at radius 1 is 1.28 bits per heavy atom. The minimum atomic E-state index is -3.70. The second kappa shape index (κ2) is 6.89. The van der Waals surface area contributed by atoms with Crippen molar-refractivity contribution < 1.29 is 13.2 Å². The molecular weight excluding hydrogens is 362 g/mol. The van der Waals surface area contributed by atoms with Crippen molar-refractivity contribution in [3.63, 3.8) is 0 Å². The van der Waals surface area contributed by atoms with Gasteiger partial charge in [-0.15, -0.1) is 14.6 Å². The van der Waals surface area contributed by atoms with Gasteiger partial charge in [0.15, 0.2) is 5.84 Å². The number of nitrogens with one attached hydrogen (secondary N) is 1. The molecule has 1 aromatic carbocycles. The highest BCUT2D eigenvalue weighted by Crippen LogP contribution is 2.26. The van der Waals surface area contributed by atoms with Gasteiger partial charge in [-0.05, 0) is 18.6 Å². The van der Waals surface area contributed by atoms with Crippen molar-refractivity contribution in [2.75, 3.05) is 18.9 Å². The number of amidine groups is 1. The normalized spacial score (nSPS) is 14.7. The first-order valence-electron chi connectivity index (χ1n) is 7.68. The molecule has 0 saturated heterocycles. The maximum Gasteiger partial charge on any atom is 0.285 e. The summed E-state index contributed by atoms with van der Waals surface area (Å²) in [5.74, 6) is -0.0548. The summed E-state index contributed by atoms with van der Waals surface area (Å²) in [5.41, 5.74) is 0.499. The van der Waals surface area contributed by atoms with Gasteiger partial charge in [-0.25, -0.2) is 0 Å². The summed E-state index contributed by atoms with van der Waals surface area (Å²) in [5, 5.41) is 11.9. The van der Waals surface area contributed by atoms with E-state index in [1.807, 2.05) is 6.92 Å². The topological polar surface area (TPSA) is 105 Å². The molecule has 0 unspecified atom stereocenters. The zero-order chi connectivity index (χ0) is 18.0. The highest BCUT2D eigenvalue weighted by Gasteiger charge is 2.30. The van der Waals surface area contributed by atoms with E-state index in [2.05, 4.69) is 19.9 Å². The summed E-state index contributed by atoms with van der Waals surface area (Å²) in [6.45, 7) is 1.99. The smallest absolute Gasteiger partial charge is 0.285 e. The lowest BCUT2D eigenvalue weighted by Crippen LogP contribution is -2.34. The maximum absolute atomic E-state index is 12.2. The predicted octanol–water partition coefficient (Wildman–Crippen LogP) is 1.51. The van der Waals surface area contributed by atoms with Crippen molar-refractivity contribution in [2.24, 2.45) is 4.40 Å². The summed E-state index contributed by atoms with van der Waals surface area (Å²) in [4.78, 5) is 13.9. The van der Waals surface area contributed by atoms with Crippen LogP contribution in [0.3, 0.4) is 0 Å². The minimum Gasteiger partial charge on any atom is -0.349 e.